The van der Waals surface area contributed by atoms with E-state index in [0.29, 0.717) is 6.04 Å². The first-order chi connectivity index (χ1) is 7.18. The van der Waals surface area contributed by atoms with Crippen LogP contribution in [0.2, 0.25) is 0 Å². The van der Waals surface area contributed by atoms with Crippen molar-refractivity contribution in [3.8, 4) is 0 Å². The third-order valence-corrected chi connectivity index (χ3v) is 4.97. The Hall–Kier alpha value is -0.130. The summed E-state index contributed by atoms with van der Waals surface area (Å²) in [6.45, 7) is 2.98. The lowest BCUT2D eigenvalue weighted by atomic mass is 10.3. The molecule has 0 bridgehead atoms. The number of rotatable bonds is 1. The molecular weight excluding hydrogens is 246 g/mol. The predicted octanol–water partition coefficient (Wildman–Crippen LogP) is 2.61. The fraction of sp³-hybridized carbons (Fsp3) is 0.500. The van der Waals surface area contributed by atoms with E-state index in [9.17, 15) is 4.79 Å². The van der Waals surface area contributed by atoms with Gasteiger partial charge in [0, 0.05) is 34.4 Å². The number of carbonyl (C=O) groups is 1. The number of nitrogens with zero attached hydrogens (tertiary/aromatic N) is 1. The highest BCUT2D eigenvalue weighted by Gasteiger charge is 2.25. The predicted molar refractivity (Wildman–Crippen MR) is 69.4 cm³/mol. The normalized spacial score (nSPS) is 21.7. The Morgan fingerprint density at radius 3 is 3.07 bits per heavy atom. The van der Waals surface area contributed by atoms with E-state index >= 15 is 0 Å². The molecule has 0 spiro atoms. The fourth-order valence-corrected chi connectivity index (χ4v) is 3.73. The zero-order chi connectivity index (χ0) is 10.8. The van der Waals surface area contributed by atoms with Gasteiger partial charge in [-0.05, 0) is 13.0 Å². The van der Waals surface area contributed by atoms with Crippen LogP contribution in [0.25, 0.3) is 0 Å². The minimum Gasteiger partial charge on any atom is -0.334 e. The number of amides is 1. The molecule has 1 atom stereocenters. The largest absolute Gasteiger partial charge is 0.334 e. The average molecular weight is 259 g/mol. The molecule has 2 rings (SSSR count). The summed E-state index contributed by atoms with van der Waals surface area (Å²) in [4.78, 5) is 15.8. The highest BCUT2D eigenvalue weighted by atomic mass is 32.2. The van der Waals surface area contributed by atoms with Crippen LogP contribution >= 0.6 is 35.7 Å². The molecule has 1 saturated heterocycles. The molecule has 1 amide bonds. The maximum atomic E-state index is 12.1. The van der Waals surface area contributed by atoms with Crippen molar-refractivity contribution in [2.75, 3.05) is 18.1 Å². The van der Waals surface area contributed by atoms with Crippen LogP contribution in [-0.4, -0.2) is 34.9 Å². The smallest absolute Gasteiger partial charge is 0.264 e. The Kier molecular flexibility index (Phi) is 3.64. The van der Waals surface area contributed by atoms with E-state index in [-0.39, 0.29) is 5.91 Å². The number of carbonyl (C=O) groups excluding carboxylic acids is 1. The molecule has 1 fully saturated rings. The van der Waals surface area contributed by atoms with Gasteiger partial charge in [0.2, 0.25) is 0 Å². The Morgan fingerprint density at radius 1 is 1.67 bits per heavy atom. The second-order valence-corrected chi connectivity index (χ2v) is 6.17. The molecule has 0 aromatic carbocycles. The highest BCUT2D eigenvalue weighted by Crippen LogP contribution is 2.23. The summed E-state index contributed by atoms with van der Waals surface area (Å²) in [6.07, 6.45) is 0. The second kappa shape index (κ2) is 4.80. The van der Waals surface area contributed by atoms with Crippen molar-refractivity contribution in [2.45, 2.75) is 17.9 Å². The van der Waals surface area contributed by atoms with Crippen molar-refractivity contribution < 1.29 is 4.79 Å². The number of thiol groups is 1. The Bertz CT molecular complexity index is 363. The number of hydrogen-bond acceptors (Lipinski definition) is 4. The van der Waals surface area contributed by atoms with E-state index in [1.54, 1.807) is 0 Å². The van der Waals surface area contributed by atoms with E-state index in [4.69, 9.17) is 0 Å². The summed E-state index contributed by atoms with van der Waals surface area (Å²) in [5.41, 5.74) is 0. The number of thioether (sulfide) groups is 1. The van der Waals surface area contributed by atoms with Gasteiger partial charge in [-0.1, -0.05) is 0 Å². The van der Waals surface area contributed by atoms with Crippen LogP contribution in [0.15, 0.2) is 16.3 Å². The van der Waals surface area contributed by atoms with Crippen LogP contribution in [0.5, 0.6) is 0 Å². The van der Waals surface area contributed by atoms with E-state index in [0.717, 1.165) is 27.8 Å². The zero-order valence-electron chi connectivity index (χ0n) is 8.47. The maximum absolute atomic E-state index is 12.1. The monoisotopic (exact) mass is 259 g/mol. The minimum atomic E-state index is 0.160. The topological polar surface area (TPSA) is 20.3 Å². The molecule has 2 nitrogen and oxygen atoms in total. The van der Waals surface area contributed by atoms with Gasteiger partial charge in [-0.15, -0.1) is 24.0 Å². The first kappa shape index (κ1) is 11.4. The van der Waals surface area contributed by atoms with Gasteiger partial charge in [0.15, 0.2) is 0 Å². The average Bonchev–Trinajstić information content (AvgIpc) is 2.65. The lowest BCUT2D eigenvalue weighted by Crippen LogP contribution is -2.44. The third kappa shape index (κ3) is 2.52. The van der Waals surface area contributed by atoms with Crippen LogP contribution in [0.4, 0.5) is 0 Å². The molecule has 1 unspecified atom stereocenters. The lowest BCUT2D eigenvalue weighted by Gasteiger charge is -2.32. The van der Waals surface area contributed by atoms with E-state index in [1.807, 2.05) is 28.1 Å². The standard InChI is InChI=1S/C10H13NOS3/c1-7-5-14-3-2-11(7)10(12)9-4-8(13)6-15-9/h4,6-7,13H,2-3,5H2,1H3. The summed E-state index contributed by atoms with van der Waals surface area (Å²) in [6, 6.07) is 2.20. The SMILES string of the molecule is CC1CSCCN1C(=O)c1cc(S)cs1. The minimum absolute atomic E-state index is 0.160. The van der Waals surface area contributed by atoms with Gasteiger partial charge in [0.25, 0.3) is 5.91 Å². The molecule has 0 saturated carbocycles. The van der Waals surface area contributed by atoms with Gasteiger partial charge in [-0.2, -0.15) is 11.8 Å². The van der Waals surface area contributed by atoms with Gasteiger partial charge in [-0.25, -0.2) is 0 Å². The first-order valence-electron chi connectivity index (χ1n) is 4.84. The number of hydrogen-bond donors (Lipinski definition) is 1. The Morgan fingerprint density at radius 2 is 2.47 bits per heavy atom. The highest BCUT2D eigenvalue weighted by molar-refractivity contribution is 7.99. The molecule has 1 aromatic heterocycles. The number of thiophene rings is 1. The third-order valence-electron chi connectivity index (χ3n) is 2.42. The summed E-state index contributed by atoms with van der Waals surface area (Å²) in [7, 11) is 0. The fourth-order valence-electron chi connectivity index (χ4n) is 1.61. The van der Waals surface area contributed by atoms with Crippen molar-refractivity contribution in [3.63, 3.8) is 0 Å². The van der Waals surface area contributed by atoms with Crippen LogP contribution in [0.1, 0.15) is 16.6 Å². The first-order valence-corrected chi connectivity index (χ1v) is 7.33. The van der Waals surface area contributed by atoms with Gasteiger partial charge >= 0.3 is 0 Å². The van der Waals surface area contributed by atoms with Crippen LogP contribution in [0.3, 0.4) is 0 Å². The molecule has 1 aliphatic rings. The Balaban J connectivity index is 2.13. The van der Waals surface area contributed by atoms with Crippen molar-refractivity contribution in [3.05, 3.63) is 16.3 Å². The summed E-state index contributed by atoms with van der Waals surface area (Å²) in [5.74, 6) is 2.26. The molecule has 0 aliphatic carbocycles. The van der Waals surface area contributed by atoms with Crippen molar-refractivity contribution in [1.29, 1.82) is 0 Å². The summed E-state index contributed by atoms with van der Waals surface area (Å²) in [5, 5.41) is 1.90. The molecule has 1 aromatic rings. The lowest BCUT2D eigenvalue weighted by molar-refractivity contribution is 0.0721. The van der Waals surface area contributed by atoms with E-state index in [2.05, 4.69) is 19.6 Å². The van der Waals surface area contributed by atoms with Crippen LogP contribution in [0, 0.1) is 0 Å². The molecule has 0 N–H and O–H groups in total. The van der Waals surface area contributed by atoms with Crippen LogP contribution < -0.4 is 0 Å². The summed E-state index contributed by atoms with van der Waals surface area (Å²) >= 11 is 7.62. The summed E-state index contributed by atoms with van der Waals surface area (Å²) < 4.78 is 0. The van der Waals surface area contributed by atoms with Gasteiger partial charge in [-0.3, -0.25) is 4.79 Å². The second-order valence-electron chi connectivity index (χ2n) is 3.59. The van der Waals surface area contributed by atoms with Crippen LogP contribution in [-0.2, 0) is 0 Å². The molecule has 1 aliphatic heterocycles. The molecule has 5 heteroatoms. The van der Waals surface area contributed by atoms with Gasteiger partial charge < -0.3 is 4.90 Å². The van der Waals surface area contributed by atoms with Crippen molar-refractivity contribution in [2.24, 2.45) is 0 Å². The van der Waals surface area contributed by atoms with E-state index < -0.39 is 0 Å². The molecule has 15 heavy (non-hydrogen) atoms. The molecule has 2 heterocycles. The molecule has 0 radical (unpaired) electrons. The molecular formula is C10H13NOS3. The zero-order valence-corrected chi connectivity index (χ0v) is 11.0. The Labute approximate surface area is 103 Å². The van der Waals surface area contributed by atoms with Gasteiger partial charge in [0.1, 0.15) is 0 Å². The molecule has 82 valence electrons. The maximum Gasteiger partial charge on any atom is 0.264 e. The van der Waals surface area contributed by atoms with E-state index in [1.165, 1.54) is 11.3 Å². The quantitative estimate of drug-likeness (QED) is 0.782. The van der Waals surface area contributed by atoms with Gasteiger partial charge in [0.05, 0.1) is 4.88 Å². The van der Waals surface area contributed by atoms with Crippen molar-refractivity contribution in [1.82, 2.24) is 4.90 Å². The van der Waals surface area contributed by atoms with Crippen molar-refractivity contribution >= 4 is 41.6 Å².